The van der Waals surface area contributed by atoms with Crippen molar-refractivity contribution in [1.29, 1.82) is 0 Å². The first-order valence-corrected chi connectivity index (χ1v) is 5.71. The van der Waals surface area contributed by atoms with E-state index in [1.165, 1.54) is 0 Å². The van der Waals surface area contributed by atoms with E-state index in [0.717, 1.165) is 30.5 Å². The van der Waals surface area contributed by atoms with Gasteiger partial charge in [0.05, 0.1) is 12.6 Å². The molecule has 1 aliphatic rings. The average molecular weight is 219 g/mol. The number of aliphatic hydroxyl groups is 1. The van der Waals surface area contributed by atoms with Gasteiger partial charge in [-0.25, -0.2) is 0 Å². The van der Waals surface area contributed by atoms with Crippen molar-refractivity contribution in [1.82, 2.24) is 4.90 Å². The topological polar surface area (TPSA) is 40.5 Å². The molecule has 0 radical (unpaired) electrons. The van der Waals surface area contributed by atoms with Crippen LogP contribution in [0, 0.1) is 6.92 Å². The summed E-state index contributed by atoms with van der Waals surface area (Å²) in [5, 5.41) is 9.21. The van der Waals surface area contributed by atoms with Crippen LogP contribution in [0.15, 0.2) is 24.3 Å². The fourth-order valence-electron chi connectivity index (χ4n) is 2.26. The largest absolute Gasteiger partial charge is 0.394 e. The quantitative estimate of drug-likeness (QED) is 0.820. The van der Waals surface area contributed by atoms with Crippen LogP contribution in [-0.2, 0) is 0 Å². The number of hydrogen-bond donors (Lipinski definition) is 1. The molecule has 1 saturated heterocycles. The zero-order valence-corrected chi connectivity index (χ0v) is 9.52. The molecule has 1 fully saturated rings. The summed E-state index contributed by atoms with van der Waals surface area (Å²) in [5.41, 5.74) is 1.75. The number of rotatable bonds is 2. The normalized spacial score (nSPS) is 20.1. The van der Waals surface area contributed by atoms with E-state index in [0.29, 0.717) is 0 Å². The summed E-state index contributed by atoms with van der Waals surface area (Å²) in [6.07, 6.45) is 1.90. The van der Waals surface area contributed by atoms with Crippen LogP contribution in [0.3, 0.4) is 0 Å². The Bertz CT molecular complexity index is 389. The number of carbonyl (C=O) groups excluding carboxylic acids is 1. The van der Waals surface area contributed by atoms with Crippen LogP contribution in [-0.4, -0.2) is 35.1 Å². The molecule has 0 aromatic heterocycles. The molecule has 1 unspecified atom stereocenters. The second-order valence-electron chi connectivity index (χ2n) is 4.29. The summed E-state index contributed by atoms with van der Waals surface area (Å²) in [6, 6.07) is 7.61. The highest BCUT2D eigenvalue weighted by Gasteiger charge is 2.29. The summed E-state index contributed by atoms with van der Waals surface area (Å²) in [7, 11) is 0. The van der Waals surface area contributed by atoms with Crippen molar-refractivity contribution in [2.24, 2.45) is 0 Å². The van der Waals surface area contributed by atoms with Gasteiger partial charge in [0.25, 0.3) is 5.91 Å². The number of hydrogen-bond acceptors (Lipinski definition) is 2. The summed E-state index contributed by atoms with van der Waals surface area (Å²) in [5.74, 6) is 0.0506. The van der Waals surface area contributed by atoms with Crippen LogP contribution >= 0.6 is 0 Å². The van der Waals surface area contributed by atoms with Crippen molar-refractivity contribution in [3.63, 3.8) is 0 Å². The van der Waals surface area contributed by atoms with Gasteiger partial charge < -0.3 is 10.0 Å². The highest BCUT2D eigenvalue weighted by atomic mass is 16.3. The van der Waals surface area contributed by atoms with E-state index >= 15 is 0 Å². The molecule has 16 heavy (non-hydrogen) atoms. The Kier molecular flexibility index (Phi) is 3.25. The Labute approximate surface area is 95.7 Å². The second-order valence-corrected chi connectivity index (χ2v) is 4.29. The number of aryl methyl sites for hydroxylation is 1. The minimum atomic E-state index is 0.00658. The lowest BCUT2D eigenvalue weighted by Crippen LogP contribution is -2.37. The Balaban J connectivity index is 2.22. The maximum absolute atomic E-state index is 12.3. The Morgan fingerprint density at radius 3 is 2.94 bits per heavy atom. The summed E-state index contributed by atoms with van der Waals surface area (Å²) in [4.78, 5) is 14.0. The molecule has 3 heteroatoms. The van der Waals surface area contributed by atoms with Crippen molar-refractivity contribution in [3.05, 3.63) is 35.4 Å². The number of nitrogens with zero attached hydrogens (tertiary/aromatic N) is 1. The number of benzene rings is 1. The lowest BCUT2D eigenvalue weighted by molar-refractivity contribution is 0.0677. The molecule has 3 nitrogen and oxygen atoms in total. The van der Waals surface area contributed by atoms with Gasteiger partial charge in [0.15, 0.2) is 0 Å². The maximum atomic E-state index is 12.3. The van der Waals surface area contributed by atoms with Gasteiger partial charge in [-0.15, -0.1) is 0 Å². The number of amides is 1. The number of aliphatic hydroxyl groups excluding tert-OH is 1. The van der Waals surface area contributed by atoms with E-state index in [9.17, 15) is 9.90 Å². The van der Waals surface area contributed by atoms with E-state index in [2.05, 4.69) is 0 Å². The van der Waals surface area contributed by atoms with Gasteiger partial charge in [-0.3, -0.25) is 4.79 Å². The lowest BCUT2D eigenvalue weighted by Gasteiger charge is -2.23. The molecule has 0 saturated carbocycles. The van der Waals surface area contributed by atoms with E-state index in [1.807, 2.05) is 31.2 Å². The van der Waals surface area contributed by atoms with Gasteiger partial charge in [-0.2, -0.15) is 0 Å². The molecular formula is C13H17NO2. The Morgan fingerprint density at radius 2 is 2.25 bits per heavy atom. The van der Waals surface area contributed by atoms with E-state index in [4.69, 9.17) is 0 Å². The molecule has 1 N–H and O–H groups in total. The third-order valence-electron chi connectivity index (χ3n) is 3.22. The van der Waals surface area contributed by atoms with Gasteiger partial charge in [0.2, 0.25) is 0 Å². The molecule has 1 amide bonds. The molecular weight excluding hydrogens is 202 g/mol. The predicted molar refractivity (Wildman–Crippen MR) is 62.3 cm³/mol. The molecule has 1 aromatic carbocycles. The molecule has 1 aromatic rings. The average Bonchev–Trinajstić information content (AvgIpc) is 2.77. The number of carbonyl (C=O) groups is 1. The minimum Gasteiger partial charge on any atom is -0.394 e. The Morgan fingerprint density at radius 1 is 1.50 bits per heavy atom. The smallest absolute Gasteiger partial charge is 0.254 e. The van der Waals surface area contributed by atoms with Gasteiger partial charge in [0.1, 0.15) is 0 Å². The molecule has 0 spiro atoms. The summed E-state index contributed by atoms with van der Waals surface area (Å²) < 4.78 is 0. The molecule has 86 valence electrons. The molecule has 0 aliphatic carbocycles. The second kappa shape index (κ2) is 4.66. The summed E-state index contributed by atoms with van der Waals surface area (Å²) >= 11 is 0. The van der Waals surface area contributed by atoms with Crippen LogP contribution < -0.4 is 0 Å². The van der Waals surface area contributed by atoms with E-state index < -0.39 is 0 Å². The lowest BCUT2D eigenvalue weighted by atomic mass is 10.1. The SMILES string of the molecule is Cc1ccccc1C(=O)N1CCCC1CO. The van der Waals surface area contributed by atoms with Gasteiger partial charge in [-0.1, -0.05) is 18.2 Å². The number of likely N-dealkylation sites (tertiary alicyclic amines) is 1. The van der Waals surface area contributed by atoms with Crippen LogP contribution in [0.5, 0.6) is 0 Å². The fourth-order valence-corrected chi connectivity index (χ4v) is 2.26. The van der Waals surface area contributed by atoms with E-state index in [1.54, 1.807) is 4.90 Å². The molecule has 1 heterocycles. The molecule has 1 aliphatic heterocycles. The van der Waals surface area contributed by atoms with Crippen LogP contribution in [0.1, 0.15) is 28.8 Å². The van der Waals surface area contributed by atoms with E-state index in [-0.39, 0.29) is 18.6 Å². The van der Waals surface area contributed by atoms with Crippen molar-refractivity contribution in [3.8, 4) is 0 Å². The monoisotopic (exact) mass is 219 g/mol. The van der Waals surface area contributed by atoms with Crippen LogP contribution in [0.2, 0.25) is 0 Å². The summed E-state index contributed by atoms with van der Waals surface area (Å²) in [6.45, 7) is 2.77. The van der Waals surface area contributed by atoms with Crippen LogP contribution in [0.25, 0.3) is 0 Å². The van der Waals surface area contributed by atoms with Crippen molar-refractivity contribution >= 4 is 5.91 Å². The third kappa shape index (κ3) is 1.95. The highest BCUT2D eigenvalue weighted by Crippen LogP contribution is 2.20. The molecule has 1 atom stereocenters. The zero-order chi connectivity index (χ0) is 11.5. The van der Waals surface area contributed by atoms with Crippen molar-refractivity contribution in [2.45, 2.75) is 25.8 Å². The maximum Gasteiger partial charge on any atom is 0.254 e. The van der Waals surface area contributed by atoms with Gasteiger partial charge in [-0.05, 0) is 31.4 Å². The van der Waals surface area contributed by atoms with Crippen molar-refractivity contribution < 1.29 is 9.90 Å². The van der Waals surface area contributed by atoms with Gasteiger partial charge in [0, 0.05) is 12.1 Å². The zero-order valence-electron chi connectivity index (χ0n) is 9.52. The first kappa shape index (κ1) is 11.1. The van der Waals surface area contributed by atoms with Crippen molar-refractivity contribution in [2.75, 3.05) is 13.2 Å². The Hall–Kier alpha value is -1.35. The molecule has 0 bridgehead atoms. The first-order chi connectivity index (χ1) is 7.74. The fraction of sp³-hybridized carbons (Fsp3) is 0.462. The third-order valence-corrected chi connectivity index (χ3v) is 3.22. The van der Waals surface area contributed by atoms with Gasteiger partial charge >= 0.3 is 0 Å². The molecule has 2 rings (SSSR count). The first-order valence-electron chi connectivity index (χ1n) is 5.71. The standard InChI is InChI=1S/C13H17NO2/c1-10-5-2-3-7-12(10)13(16)14-8-4-6-11(14)9-15/h2-3,5,7,11,15H,4,6,8-9H2,1H3. The highest BCUT2D eigenvalue weighted by molar-refractivity contribution is 5.96. The minimum absolute atomic E-state index is 0.00658. The van der Waals surface area contributed by atoms with Crippen LogP contribution in [0.4, 0.5) is 0 Å². The predicted octanol–water partition coefficient (Wildman–Crippen LogP) is 1.59.